The summed E-state index contributed by atoms with van der Waals surface area (Å²) in [7, 11) is 0. The molecule has 0 aliphatic heterocycles. The maximum absolute atomic E-state index is 14.7. The molecule has 0 saturated carbocycles. The summed E-state index contributed by atoms with van der Waals surface area (Å²) in [5.41, 5.74) is 1.90. The van der Waals surface area contributed by atoms with Gasteiger partial charge in [0, 0.05) is 5.56 Å². The molecule has 3 aromatic carbocycles. The fourth-order valence-electron chi connectivity index (χ4n) is 2.95. The Labute approximate surface area is 164 Å². The van der Waals surface area contributed by atoms with Gasteiger partial charge < -0.3 is 9.47 Å². The molecule has 0 fully saturated rings. The number of alkyl halides is 1. The van der Waals surface area contributed by atoms with Crippen LogP contribution in [0.4, 0.5) is 4.39 Å². The van der Waals surface area contributed by atoms with Crippen molar-refractivity contribution in [2.45, 2.75) is 32.5 Å². The van der Waals surface area contributed by atoms with Crippen LogP contribution in [-0.2, 0) is 16.1 Å². The van der Waals surface area contributed by atoms with Crippen LogP contribution in [0, 0.1) is 0 Å². The minimum atomic E-state index is -1.80. The number of rotatable bonds is 7. The van der Waals surface area contributed by atoms with Crippen molar-refractivity contribution in [1.82, 2.24) is 0 Å². The average Bonchev–Trinajstić information content (AvgIpc) is 2.72. The van der Waals surface area contributed by atoms with Gasteiger partial charge in [0.1, 0.15) is 18.1 Å². The topological polar surface area (TPSA) is 35.5 Å². The molecule has 0 aliphatic rings. The lowest BCUT2D eigenvalue weighted by Crippen LogP contribution is -2.14. The van der Waals surface area contributed by atoms with E-state index in [9.17, 15) is 9.18 Å². The van der Waals surface area contributed by atoms with E-state index in [1.54, 1.807) is 24.3 Å². The highest BCUT2D eigenvalue weighted by Crippen LogP contribution is 2.29. The van der Waals surface area contributed by atoms with E-state index in [1.807, 2.05) is 68.4 Å². The summed E-state index contributed by atoms with van der Waals surface area (Å²) in [6.07, 6.45) is -1.80. The van der Waals surface area contributed by atoms with Gasteiger partial charge in [0.2, 0.25) is 6.17 Å². The van der Waals surface area contributed by atoms with Gasteiger partial charge in [-0.2, -0.15) is 0 Å². The zero-order chi connectivity index (χ0) is 19.9. The second-order valence-corrected chi connectivity index (χ2v) is 6.82. The molecule has 0 radical (unpaired) electrons. The van der Waals surface area contributed by atoms with Gasteiger partial charge in [0.15, 0.2) is 0 Å². The lowest BCUT2D eigenvalue weighted by atomic mass is 9.94. The lowest BCUT2D eigenvalue weighted by Gasteiger charge is -2.15. The molecule has 144 valence electrons. The van der Waals surface area contributed by atoms with Gasteiger partial charge in [-0.25, -0.2) is 9.18 Å². The summed E-state index contributed by atoms with van der Waals surface area (Å²) >= 11 is 0. The molecule has 0 saturated heterocycles. The number of benzene rings is 3. The quantitative estimate of drug-likeness (QED) is 0.449. The Hall–Kier alpha value is -3.14. The molecular formula is C24H23FO3. The zero-order valence-electron chi connectivity index (χ0n) is 16.0. The Morgan fingerprint density at radius 2 is 1.50 bits per heavy atom. The third kappa shape index (κ3) is 4.97. The molecule has 4 heteroatoms. The van der Waals surface area contributed by atoms with Crippen LogP contribution in [0.3, 0.4) is 0 Å². The summed E-state index contributed by atoms with van der Waals surface area (Å²) < 4.78 is 25.7. The summed E-state index contributed by atoms with van der Waals surface area (Å²) in [6.45, 7) is 3.92. The fourth-order valence-corrected chi connectivity index (χ4v) is 2.95. The fraction of sp³-hybridized carbons (Fsp3) is 0.208. The molecule has 3 rings (SSSR count). The molecule has 0 spiro atoms. The first-order valence-corrected chi connectivity index (χ1v) is 9.26. The SMILES string of the molecule is CC(C)c1ccccc1C(F)C(=O)OCc1cccc(Oc2ccccc2)c1. The van der Waals surface area contributed by atoms with Gasteiger partial charge in [-0.05, 0) is 41.3 Å². The van der Waals surface area contributed by atoms with Gasteiger partial charge in [-0.3, -0.25) is 0 Å². The van der Waals surface area contributed by atoms with Crippen LogP contribution in [0.15, 0.2) is 78.9 Å². The van der Waals surface area contributed by atoms with Crippen LogP contribution < -0.4 is 4.74 Å². The molecule has 0 amide bonds. The molecular weight excluding hydrogens is 355 g/mol. The molecule has 1 atom stereocenters. The number of ether oxygens (including phenoxy) is 2. The van der Waals surface area contributed by atoms with Crippen molar-refractivity contribution in [3.05, 3.63) is 95.6 Å². The van der Waals surface area contributed by atoms with Crippen LogP contribution in [0.2, 0.25) is 0 Å². The van der Waals surface area contributed by atoms with Crippen molar-refractivity contribution < 1.29 is 18.7 Å². The predicted octanol–water partition coefficient (Wildman–Crippen LogP) is 6.36. The van der Waals surface area contributed by atoms with E-state index in [-0.39, 0.29) is 12.5 Å². The molecule has 3 aromatic rings. The van der Waals surface area contributed by atoms with Crippen LogP contribution in [-0.4, -0.2) is 5.97 Å². The maximum atomic E-state index is 14.7. The molecule has 0 heterocycles. The van der Waals surface area contributed by atoms with Gasteiger partial charge in [-0.15, -0.1) is 0 Å². The highest BCUT2D eigenvalue weighted by Gasteiger charge is 2.24. The highest BCUT2D eigenvalue weighted by atomic mass is 19.1. The van der Waals surface area contributed by atoms with E-state index in [4.69, 9.17) is 9.47 Å². The summed E-state index contributed by atoms with van der Waals surface area (Å²) in [5, 5.41) is 0. The monoisotopic (exact) mass is 378 g/mol. The zero-order valence-corrected chi connectivity index (χ0v) is 16.0. The molecule has 0 aromatic heterocycles. The lowest BCUT2D eigenvalue weighted by molar-refractivity contribution is -0.151. The van der Waals surface area contributed by atoms with E-state index in [1.165, 1.54) is 0 Å². The van der Waals surface area contributed by atoms with Crippen LogP contribution in [0.25, 0.3) is 0 Å². The number of carbonyl (C=O) groups is 1. The van der Waals surface area contributed by atoms with Crippen molar-refractivity contribution in [3.8, 4) is 11.5 Å². The standard InChI is InChI=1S/C24H23FO3/c1-17(2)21-13-6-7-14-22(21)23(25)24(26)27-16-18-9-8-12-20(15-18)28-19-10-4-3-5-11-19/h3-15,17,23H,16H2,1-2H3. The molecule has 0 N–H and O–H groups in total. The third-order valence-electron chi connectivity index (χ3n) is 4.36. The van der Waals surface area contributed by atoms with Crippen molar-refractivity contribution in [2.24, 2.45) is 0 Å². The Balaban J connectivity index is 1.64. The number of halogens is 1. The summed E-state index contributed by atoms with van der Waals surface area (Å²) in [6, 6.07) is 23.6. The predicted molar refractivity (Wildman–Crippen MR) is 107 cm³/mol. The maximum Gasteiger partial charge on any atom is 0.345 e. The second kappa shape index (κ2) is 9.18. The average molecular weight is 378 g/mol. The van der Waals surface area contributed by atoms with Crippen molar-refractivity contribution >= 4 is 5.97 Å². The Morgan fingerprint density at radius 3 is 2.21 bits per heavy atom. The number of hydrogen-bond acceptors (Lipinski definition) is 3. The largest absolute Gasteiger partial charge is 0.458 e. The third-order valence-corrected chi connectivity index (χ3v) is 4.36. The van der Waals surface area contributed by atoms with Gasteiger partial charge >= 0.3 is 5.97 Å². The van der Waals surface area contributed by atoms with Crippen LogP contribution in [0.1, 0.15) is 42.6 Å². The Morgan fingerprint density at radius 1 is 0.857 bits per heavy atom. The molecule has 0 bridgehead atoms. The second-order valence-electron chi connectivity index (χ2n) is 6.82. The van der Waals surface area contributed by atoms with E-state index < -0.39 is 12.1 Å². The van der Waals surface area contributed by atoms with Crippen molar-refractivity contribution in [1.29, 1.82) is 0 Å². The summed E-state index contributed by atoms with van der Waals surface area (Å²) in [5.74, 6) is 0.573. The number of hydrogen-bond donors (Lipinski definition) is 0. The van der Waals surface area contributed by atoms with Crippen LogP contribution in [0.5, 0.6) is 11.5 Å². The van der Waals surface area contributed by atoms with E-state index in [2.05, 4.69) is 0 Å². The highest BCUT2D eigenvalue weighted by molar-refractivity contribution is 5.77. The van der Waals surface area contributed by atoms with Crippen molar-refractivity contribution in [2.75, 3.05) is 0 Å². The molecule has 0 aliphatic carbocycles. The van der Waals surface area contributed by atoms with Gasteiger partial charge in [-0.1, -0.05) is 68.4 Å². The van der Waals surface area contributed by atoms with E-state index in [0.717, 1.165) is 11.1 Å². The first-order chi connectivity index (χ1) is 13.5. The smallest absolute Gasteiger partial charge is 0.345 e. The first-order valence-electron chi connectivity index (χ1n) is 9.26. The first kappa shape index (κ1) is 19.6. The van der Waals surface area contributed by atoms with Crippen LogP contribution >= 0.6 is 0 Å². The molecule has 1 unspecified atom stereocenters. The van der Waals surface area contributed by atoms with Gasteiger partial charge in [0.05, 0.1) is 0 Å². The minimum absolute atomic E-state index is 0.0188. The van der Waals surface area contributed by atoms with Crippen molar-refractivity contribution in [3.63, 3.8) is 0 Å². The Kier molecular flexibility index (Phi) is 6.43. The number of carbonyl (C=O) groups excluding carboxylic acids is 1. The molecule has 3 nitrogen and oxygen atoms in total. The van der Waals surface area contributed by atoms with E-state index in [0.29, 0.717) is 17.1 Å². The van der Waals surface area contributed by atoms with E-state index >= 15 is 0 Å². The minimum Gasteiger partial charge on any atom is -0.458 e. The number of para-hydroxylation sites is 1. The molecule has 28 heavy (non-hydrogen) atoms. The summed E-state index contributed by atoms with van der Waals surface area (Å²) in [4.78, 5) is 12.2. The van der Waals surface area contributed by atoms with Gasteiger partial charge in [0.25, 0.3) is 0 Å². The number of esters is 1. The normalized spacial score (nSPS) is 11.9. The Bertz CT molecular complexity index is 922.